The van der Waals surface area contributed by atoms with Crippen molar-refractivity contribution in [1.82, 2.24) is 0 Å². The van der Waals surface area contributed by atoms with Crippen molar-refractivity contribution in [2.75, 3.05) is 11.9 Å². The summed E-state index contributed by atoms with van der Waals surface area (Å²) in [5, 5.41) is 3.21. The van der Waals surface area contributed by atoms with Crippen molar-refractivity contribution >= 4 is 34.9 Å². The zero-order valence-corrected chi connectivity index (χ0v) is 15.0. The van der Waals surface area contributed by atoms with Crippen LogP contribution in [0, 0.1) is 0 Å². The fourth-order valence-corrected chi connectivity index (χ4v) is 2.99. The number of halogens is 1. The molecule has 1 aliphatic carbocycles. The Labute approximate surface area is 156 Å². The molecule has 0 saturated heterocycles. The molecule has 26 heavy (non-hydrogen) atoms. The monoisotopic (exact) mass is 371 g/mol. The largest absolute Gasteiger partial charge is 0.455 e. The Hall–Kier alpha value is -2.66. The van der Waals surface area contributed by atoms with Crippen LogP contribution in [0.3, 0.4) is 0 Å². The van der Waals surface area contributed by atoms with E-state index in [1.165, 1.54) is 6.92 Å². The topological polar surface area (TPSA) is 72.5 Å². The maximum Gasteiger partial charge on any atom is 0.317 e. The van der Waals surface area contributed by atoms with Crippen LogP contribution in [-0.4, -0.2) is 24.3 Å². The van der Waals surface area contributed by atoms with Crippen LogP contribution in [0.5, 0.6) is 0 Å². The van der Waals surface area contributed by atoms with E-state index in [2.05, 4.69) is 5.32 Å². The van der Waals surface area contributed by atoms with Gasteiger partial charge < -0.3 is 10.1 Å². The molecule has 3 rings (SSSR count). The maximum atomic E-state index is 12.5. The highest BCUT2D eigenvalue weighted by molar-refractivity contribution is 6.30. The number of hydrogen-bond acceptors (Lipinski definition) is 4. The number of esters is 1. The summed E-state index contributed by atoms with van der Waals surface area (Å²) in [7, 11) is 0. The van der Waals surface area contributed by atoms with Gasteiger partial charge in [0.15, 0.2) is 12.4 Å². The summed E-state index contributed by atoms with van der Waals surface area (Å²) < 4.78 is 5.22. The molecule has 5 nitrogen and oxygen atoms in total. The third kappa shape index (κ3) is 3.78. The highest BCUT2D eigenvalue weighted by Crippen LogP contribution is 2.49. The molecule has 0 heterocycles. The number of nitrogens with one attached hydrogen (secondary N) is 1. The lowest BCUT2D eigenvalue weighted by Gasteiger charge is -2.15. The van der Waals surface area contributed by atoms with E-state index in [9.17, 15) is 14.4 Å². The number of anilines is 1. The van der Waals surface area contributed by atoms with Gasteiger partial charge in [-0.3, -0.25) is 14.4 Å². The minimum atomic E-state index is -0.678. The average molecular weight is 372 g/mol. The van der Waals surface area contributed by atoms with E-state index in [-0.39, 0.29) is 5.78 Å². The van der Waals surface area contributed by atoms with Crippen LogP contribution >= 0.6 is 11.6 Å². The predicted octanol–water partition coefficient (Wildman–Crippen LogP) is 3.76. The van der Waals surface area contributed by atoms with Crippen LogP contribution < -0.4 is 5.32 Å². The zero-order valence-electron chi connectivity index (χ0n) is 14.3. The third-order valence-electron chi connectivity index (χ3n) is 4.45. The quantitative estimate of drug-likeness (QED) is 0.620. The molecule has 0 spiro atoms. The van der Waals surface area contributed by atoms with Crippen molar-refractivity contribution in [2.45, 2.75) is 25.2 Å². The molecule has 0 bridgehead atoms. The Morgan fingerprint density at radius 1 is 1.08 bits per heavy atom. The molecule has 1 fully saturated rings. The molecule has 2 aromatic carbocycles. The molecular formula is C20H18ClNO4. The number of carbonyl (C=O) groups excluding carboxylic acids is 3. The number of amides is 1. The smallest absolute Gasteiger partial charge is 0.317 e. The molecule has 1 amide bonds. The molecule has 0 aliphatic heterocycles. The van der Waals surface area contributed by atoms with Gasteiger partial charge in [-0.2, -0.15) is 0 Å². The van der Waals surface area contributed by atoms with Gasteiger partial charge in [-0.15, -0.1) is 0 Å². The summed E-state index contributed by atoms with van der Waals surface area (Å²) in [5.41, 5.74) is 0.975. The van der Waals surface area contributed by atoms with Crippen LogP contribution in [0.4, 0.5) is 5.69 Å². The van der Waals surface area contributed by atoms with Gasteiger partial charge in [-0.05, 0) is 49.6 Å². The Morgan fingerprint density at radius 2 is 1.73 bits per heavy atom. The summed E-state index contributed by atoms with van der Waals surface area (Å²) in [4.78, 5) is 36.1. The summed E-state index contributed by atoms with van der Waals surface area (Å²) in [6, 6.07) is 13.8. The van der Waals surface area contributed by atoms with E-state index < -0.39 is 23.9 Å². The first-order chi connectivity index (χ1) is 12.4. The van der Waals surface area contributed by atoms with E-state index in [4.69, 9.17) is 16.3 Å². The number of para-hydroxylation sites is 1. The first-order valence-corrected chi connectivity index (χ1v) is 8.63. The molecule has 0 radical (unpaired) electrons. The predicted molar refractivity (Wildman–Crippen MR) is 98.4 cm³/mol. The molecule has 1 aliphatic rings. The van der Waals surface area contributed by atoms with Crippen molar-refractivity contribution in [1.29, 1.82) is 0 Å². The molecule has 0 aromatic heterocycles. The van der Waals surface area contributed by atoms with Crippen LogP contribution in [0.2, 0.25) is 5.02 Å². The highest BCUT2D eigenvalue weighted by Gasteiger charge is 2.52. The van der Waals surface area contributed by atoms with Crippen LogP contribution in [-0.2, 0) is 19.7 Å². The summed E-state index contributed by atoms with van der Waals surface area (Å²) in [5.74, 6) is -1.06. The number of rotatable bonds is 6. The highest BCUT2D eigenvalue weighted by atomic mass is 35.5. The third-order valence-corrected chi connectivity index (χ3v) is 4.70. The molecular weight excluding hydrogens is 354 g/mol. The van der Waals surface area contributed by atoms with Gasteiger partial charge in [0.2, 0.25) is 0 Å². The van der Waals surface area contributed by atoms with Crippen LogP contribution in [0.15, 0.2) is 48.5 Å². The number of ether oxygens (including phenoxy) is 1. The lowest BCUT2D eigenvalue weighted by atomic mass is 9.96. The van der Waals surface area contributed by atoms with Gasteiger partial charge in [-0.25, -0.2) is 0 Å². The average Bonchev–Trinajstić information content (AvgIpc) is 3.42. The van der Waals surface area contributed by atoms with E-state index in [0.717, 1.165) is 5.56 Å². The zero-order chi connectivity index (χ0) is 18.7. The van der Waals surface area contributed by atoms with Gasteiger partial charge in [0, 0.05) is 10.6 Å². The maximum absolute atomic E-state index is 12.5. The molecule has 6 heteroatoms. The SMILES string of the molecule is CC(=O)c1ccccc1NC(=O)COC(=O)C1(c2ccc(Cl)cc2)CC1. The fraction of sp³-hybridized carbons (Fsp3) is 0.250. The minimum Gasteiger partial charge on any atom is -0.455 e. The Bertz CT molecular complexity index is 856. The van der Waals surface area contributed by atoms with E-state index in [1.54, 1.807) is 48.5 Å². The van der Waals surface area contributed by atoms with E-state index in [0.29, 0.717) is 29.1 Å². The van der Waals surface area contributed by atoms with Gasteiger partial charge in [0.05, 0.1) is 11.1 Å². The Morgan fingerprint density at radius 3 is 2.35 bits per heavy atom. The van der Waals surface area contributed by atoms with Gasteiger partial charge in [0.1, 0.15) is 0 Å². The molecule has 1 N–H and O–H groups in total. The van der Waals surface area contributed by atoms with E-state index >= 15 is 0 Å². The van der Waals surface area contributed by atoms with Gasteiger partial charge >= 0.3 is 5.97 Å². The molecule has 0 atom stereocenters. The van der Waals surface area contributed by atoms with Crippen molar-refractivity contribution in [2.24, 2.45) is 0 Å². The lowest BCUT2D eigenvalue weighted by molar-refractivity contribution is -0.150. The summed E-state index contributed by atoms with van der Waals surface area (Å²) >= 11 is 5.88. The molecule has 134 valence electrons. The van der Waals surface area contributed by atoms with Gasteiger partial charge in [-0.1, -0.05) is 35.9 Å². The first kappa shape index (κ1) is 18.1. The molecule has 0 unspecified atom stereocenters. The number of ketones is 1. The Kier molecular flexibility index (Phi) is 5.09. The number of hydrogen-bond donors (Lipinski definition) is 1. The standard InChI is InChI=1S/C20H18ClNO4/c1-13(23)16-4-2-3-5-17(16)22-18(24)12-26-19(25)20(10-11-20)14-6-8-15(21)9-7-14/h2-9H,10-12H2,1H3,(H,22,24). The fourth-order valence-electron chi connectivity index (χ4n) is 2.86. The summed E-state index contributed by atoms with van der Waals surface area (Å²) in [6.07, 6.45) is 1.37. The second-order valence-electron chi connectivity index (χ2n) is 6.32. The van der Waals surface area contributed by atoms with Crippen molar-refractivity contribution in [3.05, 3.63) is 64.7 Å². The minimum absolute atomic E-state index is 0.155. The van der Waals surface area contributed by atoms with Crippen LogP contribution in [0.25, 0.3) is 0 Å². The number of Topliss-reactive ketones (excluding diaryl/α,β-unsaturated/α-hetero) is 1. The molecule has 2 aromatic rings. The Balaban J connectivity index is 1.61. The normalized spacial score (nSPS) is 14.4. The summed E-state index contributed by atoms with van der Waals surface area (Å²) in [6.45, 7) is 1.02. The number of benzene rings is 2. The number of carbonyl (C=O) groups is 3. The first-order valence-electron chi connectivity index (χ1n) is 8.25. The van der Waals surface area contributed by atoms with E-state index in [1.807, 2.05) is 0 Å². The second-order valence-corrected chi connectivity index (χ2v) is 6.75. The van der Waals surface area contributed by atoms with Crippen LogP contribution in [0.1, 0.15) is 35.7 Å². The lowest BCUT2D eigenvalue weighted by Crippen LogP contribution is -2.28. The second kappa shape index (κ2) is 7.30. The molecule has 1 saturated carbocycles. The van der Waals surface area contributed by atoms with Crippen molar-refractivity contribution in [3.63, 3.8) is 0 Å². The van der Waals surface area contributed by atoms with Crippen molar-refractivity contribution in [3.8, 4) is 0 Å². The van der Waals surface area contributed by atoms with Crippen molar-refractivity contribution < 1.29 is 19.1 Å². The van der Waals surface area contributed by atoms with Gasteiger partial charge in [0.25, 0.3) is 5.91 Å².